The van der Waals surface area contributed by atoms with Crippen LogP contribution in [0.2, 0.25) is 0 Å². The summed E-state index contributed by atoms with van der Waals surface area (Å²) in [6.45, 7) is 5.90. The number of nitrogens with zero attached hydrogens (tertiary/aromatic N) is 1. The van der Waals surface area contributed by atoms with Gasteiger partial charge in [0.05, 0.1) is 17.2 Å². The van der Waals surface area contributed by atoms with Crippen LogP contribution in [0.1, 0.15) is 31.9 Å². The highest BCUT2D eigenvalue weighted by molar-refractivity contribution is 7.89. The summed E-state index contributed by atoms with van der Waals surface area (Å²) in [5.74, 6) is 0.628. The third-order valence-corrected chi connectivity index (χ3v) is 4.52. The molecule has 0 aromatic heterocycles. The Balaban J connectivity index is 2.03. The van der Waals surface area contributed by atoms with Crippen molar-refractivity contribution in [2.45, 2.75) is 38.2 Å². The molecule has 2 aromatic rings. The summed E-state index contributed by atoms with van der Waals surface area (Å²) in [6.07, 6.45) is 2.47. The van der Waals surface area contributed by atoms with Crippen LogP contribution < -0.4 is 9.57 Å². The van der Waals surface area contributed by atoms with Crippen LogP contribution in [0.3, 0.4) is 0 Å². The van der Waals surface area contributed by atoms with Gasteiger partial charge in [0.1, 0.15) is 5.75 Å². The van der Waals surface area contributed by atoms with Crippen LogP contribution in [-0.2, 0) is 16.4 Å². The van der Waals surface area contributed by atoms with Gasteiger partial charge in [-0.2, -0.15) is 13.5 Å². The van der Waals surface area contributed by atoms with Gasteiger partial charge in [0.25, 0.3) is 10.0 Å². The molecule has 24 heavy (non-hydrogen) atoms. The Morgan fingerprint density at radius 3 is 2.25 bits per heavy atom. The Morgan fingerprint density at radius 2 is 1.71 bits per heavy atom. The molecule has 0 atom stereocenters. The second-order valence-electron chi connectivity index (χ2n) is 5.59. The second-order valence-corrected chi connectivity index (χ2v) is 7.25. The molecule has 0 aliphatic rings. The Morgan fingerprint density at radius 1 is 1.08 bits per heavy atom. The number of hydrogen-bond donors (Lipinski definition) is 1. The van der Waals surface area contributed by atoms with Crippen molar-refractivity contribution in [2.75, 3.05) is 0 Å². The van der Waals surface area contributed by atoms with Gasteiger partial charge < -0.3 is 4.74 Å². The van der Waals surface area contributed by atoms with Crippen LogP contribution in [0.25, 0.3) is 0 Å². The smallest absolute Gasteiger partial charge is 0.276 e. The molecular weight excluding hydrogens is 324 g/mol. The largest absolute Gasteiger partial charge is 0.491 e. The van der Waals surface area contributed by atoms with Gasteiger partial charge >= 0.3 is 0 Å². The molecule has 0 saturated heterocycles. The molecule has 128 valence electrons. The molecule has 0 aliphatic heterocycles. The van der Waals surface area contributed by atoms with E-state index < -0.39 is 10.0 Å². The van der Waals surface area contributed by atoms with Crippen molar-refractivity contribution >= 4 is 16.2 Å². The number of rotatable bonds is 7. The summed E-state index contributed by atoms with van der Waals surface area (Å²) in [6, 6.07) is 14.0. The molecular formula is C18H22N2O3S. The first-order valence-electron chi connectivity index (χ1n) is 7.81. The lowest BCUT2D eigenvalue weighted by atomic mass is 10.1. The summed E-state index contributed by atoms with van der Waals surface area (Å²) < 4.78 is 29.9. The Kier molecular flexibility index (Phi) is 5.98. The molecule has 2 aromatic carbocycles. The summed E-state index contributed by atoms with van der Waals surface area (Å²) in [5.41, 5.74) is 2.05. The number of hydrazone groups is 1. The minimum Gasteiger partial charge on any atom is -0.491 e. The zero-order valence-corrected chi connectivity index (χ0v) is 14.9. The molecule has 1 N–H and O–H groups in total. The van der Waals surface area contributed by atoms with Gasteiger partial charge in [-0.25, -0.2) is 4.83 Å². The molecule has 0 heterocycles. The van der Waals surface area contributed by atoms with E-state index in [0.29, 0.717) is 5.75 Å². The molecule has 0 spiro atoms. The average molecular weight is 346 g/mol. The summed E-state index contributed by atoms with van der Waals surface area (Å²) >= 11 is 0. The highest BCUT2D eigenvalue weighted by Crippen LogP contribution is 2.17. The minimum atomic E-state index is -3.69. The number of aryl methyl sites for hydroxylation is 1. The topological polar surface area (TPSA) is 67.8 Å². The van der Waals surface area contributed by atoms with E-state index in [2.05, 4.69) is 16.9 Å². The fourth-order valence-corrected chi connectivity index (χ4v) is 2.82. The molecule has 0 aliphatic carbocycles. The second kappa shape index (κ2) is 7.97. The van der Waals surface area contributed by atoms with Crippen LogP contribution in [0.15, 0.2) is 58.5 Å². The standard InChI is InChI=1S/C18H22N2O3S/c1-4-15-5-7-16(8-6-15)13-19-20-24(21,22)18-11-9-17(10-12-18)23-14(2)3/h5-14,20H,4H2,1-3H3/b19-13+. The molecule has 0 unspecified atom stereocenters. The molecule has 0 saturated carbocycles. The predicted octanol–water partition coefficient (Wildman–Crippen LogP) is 3.35. The summed E-state index contributed by atoms with van der Waals surface area (Å²) in [7, 11) is -3.69. The van der Waals surface area contributed by atoms with Crippen molar-refractivity contribution in [3.8, 4) is 5.75 Å². The lowest BCUT2D eigenvalue weighted by Gasteiger charge is -2.10. The molecule has 0 bridgehead atoms. The van der Waals surface area contributed by atoms with Crippen LogP contribution in [-0.4, -0.2) is 20.7 Å². The minimum absolute atomic E-state index is 0.0364. The fraction of sp³-hybridized carbons (Fsp3) is 0.278. The lowest BCUT2D eigenvalue weighted by molar-refractivity contribution is 0.242. The fourth-order valence-electron chi connectivity index (χ4n) is 2.03. The highest BCUT2D eigenvalue weighted by atomic mass is 32.2. The molecule has 0 amide bonds. The van der Waals surface area contributed by atoms with E-state index in [1.807, 2.05) is 38.1 Å². The van der Waals surface area contributed by atoms with Crippen LogP contribution in [0.4, 0.5) is 0 Å². The average Bonchev–Trinajstić information content (AvgIpc) is 2.55. The number of ether oxygens (including phenoxy) is 1. The van der Waals surface area contributed by atoms with E-state index in [4.69, 9.17) is 4.74 Å². The van der Waals surface area contributed by atoms with Gasteiger partial charge in [-0.3, -0.25) is 0 Å². The van der Waals surface area contributed by atoms with E-state index in [0.717, 1.165) is 12.0 Å². The molecule has 6 heteroatoms. The van der Waals surface area contributed by atoms with Crippen LogP contribution in [0.5, 0.6) is 5.75 Å². The first-order chi connectivity index (χ1) is 11.4. The summed E-state index contributed by atoms with van der Waals surface area (Å²) in [4.78, 5) is 2.35. The van der Waals surface area contributed by atoms with E-state index in [1.165, 1.54) is 23.9 Å². The van der Waals surface area contributed by atoms with E-state index in [-0.39, 0.29) is 11.0 Å². The SMILES string of the molecule is CCc1ccc(/C=N/NS(=O)(=O)c2ccc(OC(C)C)cc2)cc1. The quantitative estimate of drug-likeness (QED) is 0.617. The van der Waals surface area contributed by atoms with Gasteiger partial charge in [-0.1, -0.05) is 31.2 Å². The first-order valence-corrected chi connectivity index (χ1v) is 9.29. The van der Waals surface area contributed by atoms with Gasteiger partial charge in [-0.05, 0) is 55.7 Å². The van der Waals surface area contributed by atoms with Crippen molar-refractivity contribution in [2.24, 2.45) is 5.10 Å². The predicted molar refractivity (Wildman–Crippen MR) is 95.9 cm³/mol. The van der Waals surface area contributed by atoms with Crippen LogP contribution in [0, 0.1) is 0 Å². The van der Waals surface area contributed by atoms with Crippen LogP contribution >= 0.6 is 0 Å². The zero-order valence-electron chi connectivity index (χ0n) is 14.1. The normalized spacial score (nSPS) is 11.8. The maximum Gasteiger partial charge on any atom is 0.276 e. The zero-order chi connectivity index (χ0) is 17.6. The van der Waals surface area contributed by atoms with Gasteiger partial charge in [0.15, 0.2) is 0 Å². The number of sulfonamides is 1. The summed E-state index contributed by atoms with van der Waals surface area (Å²) in [5, 5.41) is 3.82. The van der Waals surface area contributed by atoms with Crippen molar-refractivity contribution in [1.82, 2.24) is 4.83 Å². The molecule has 0 radical (unpaired) electrons. The molecule has 0 fully saturated rings. The third-order valence-electron chi connectivity index (χ3n) is 3.28. The maximum atomic E-state index is 12.2. The molecule has 2 rings (SSSR count). The van der Waals surface area contributed by atoms with Crippen molar-refractivity contribution in [3.63, 3.8) is 0 Å². The van der Waals surface area contributed by atoms with Crippen molar-refractivity contribution in [3.05, 3.63) is 59.7 Å². The first kappa shape index (κ1) is 18.0. The maximum absolute atomic E-state index is 12.2. The number of benzene rings is 2. The number of hydrogen-bond acceptors (Lipinski definition) is 4. The number of nitrogens with one attached hydrogen (secondary N) is 1. The van der Waals surface area contributed by atoms with Gasteiger partial charge in [-0.15, -0.1) is 0 Å². The highest BCUT2D eigenvalue weighted by Gasteiger charge is 2.12. The van der Waals surface area contributed by atoms with Gasteiger partial charge in [0, 0.05) is 0 Å². The van der Waals surface area contributed by atoms with Crippen molar-refractivity contribution in [1.29, 1.82) is 0 Å². The Bertz CT molecular complexity index is 780. The Labute approximate surface area is 143 Å². The molecule has 5 nitrogen and oxygen atoms in total. The van der Waals surface area contributed by atoms with Crippen molar-refractivity contribution < 1.29 is 13.2 Å². The van der Waals surface area contributed by atoms with E-state index in [1.54, 1.807) is 12.1 Å². The Hall–Kier alpha value is -2.34. The monoisotopic (exact) mass is 346 g/mol. The van der Waals surface area contributed by atoms with E-state index >= 15 is 0 Å². The lowest BCUT2D eigenvalue weighted by Crippen LogP contribution is -2.18. The van der Waals surface area contributed by atoms with Gasteiger partial charge in [0.2, 0.25) is 0 Å². The third kappa shape index (κ3) is 5.09. The van der Waals surface area contributed by atoms with E-state index in [9.17, 15) is 8.42 Å².